The van der Waals surface area contributed by atoms with Crippen LogP contribution in [0.2, 0.25) is 0 Å². The summed E-state index contributed by atoms with van der Waals surface area (Å²) >= 11 is 0. The molecule has 1 unspecified atom stereocenters. The fraction of sp³-hybridized carbons (Fsp3) is 0.929. The smallest absolute Gasteiger partial charge is 0.310 e. The molecule has 18 heavy (non-hydrogen) atoms. The number of aliphatic carboxylic acids is 1. The molecule has 106 valence electrons. The van der Waals surface area contributed by atoms with Gasteiger partial charge in [0.2, 0.25) is 0 Å². The first kappa shape index (κ1) is 15.4. The van der Waals surface area contributed by atoms with Crippen LogP contribution in [0.15, 0.2) is 0 Å². The molecule has 0 amide bonds. The van der Waals surface area contributed by atoms with Gasteiger partial charge >= 0.3 is 5.97 Å². The predicted octanol–water partition coefficient (Wildman–Crippen LogP) is 1.81. The van der Waals surface area contributed by atoms with Gasteiger partial charge in [0.05, 0.1) is 5.41 Å². The standard InChI is InChI=1S/C14H28N2O2/c1-4-8-16(11-14(2,3)13(17)18)10-12-6-5-7-15-9-12/h12,15H,4-11H2,1-3H3,(H,17,18). The molecule has 1 saturated heterocycles. The highest BCUT2D eigenvalue weighted by atomic mass is 16.4. The Kier molecular flexibility index (Phi) is 6.09. The molecule has 0 saturated carbocycles. The minimum Gasteiger partial charge on any atom is -0.481 e. The van der Waals surface area contributed by atoms with Crippen LogP contribution in [0.25, 0.3) is 0 Å². The van der Waals surface area contributed by atoms with E-state index in [4.69, 9.17) is 0 Å². The fourth-order valence-electron chi connectivity index (χ4n) is 2.62. The maximum atomic E-state index is 11.2. The molecule has 1 atom stereocenters. The van der Waals surface area contributed by atoms with Gasteiger partial charge in [-0.2, -0.15) is 0 Å². The summed E-state index contributed by atoms with van der Waals surface area (Å²) in [7, 11) is 0. The second-order valence-electron chi connectivity index (χ2n) is 6.14. The summed E-state index contributed by atoms with van der Waals surface area (Å²) in [6.45, 7) is 10.7. The van der Waals surface area contributed by atoms with Gasteiger partial charge in [-0.3, -0.25) is 4.79 Å². The Morgan fingerprint density at radius 1 is 1.50 bits per heavy atom. The number of hydrogen-bond donors (Lipinski definition) is 2. The van der Waals surface area contributed by atoms with E-state index >= 15 is 0 Å². The van der Waals surface area contributed by atoms with E-state index in [1.165, 1.54) is 12.8 Å². The highest BCUT2D eigenvalue weighted by molar-refractivity contribution is 5.73. The Morgan fingerprint density at radius 3 is 2.72 bits per heavy atom. The molecule has 4 nitrogen and oxygen atoms in total. The summed E-state index contributed by atoms with van der Waals surface area (Å²) < 4.78 is 0. The zero-order valence-corrected chi connectivity index (χ0v) is 12.0. The van der Waals surface area contributed by atoms with E-state index in [1.54, 1.807) is 0 Å². The van der Waals surface area contributed by atoms with Gasteiger partial charge in [-0.1, -0.05) is 6.92 Å². The van der Waals surface area contributed by atoms with E-state index in [0.717, 1.165) is 32.6 Å². The molecule has 0 aliphatic carbocycles. The number of carbonyl (C=O) groups is 1. The van der Waals surface area contributed by atoms with Crippen LogP contribution in [0.3, 0.4) is 0 Å². The third-order valence-corrected chi connectivity index (χ3v) is 3.65. The van der Waals surface area contributed by atoms with Crippen molar-refractivity contribution in [2.45, 2.75) is 40.0 Å². The summed E-state index contributed by atoms with van der Waals surface area (Å²) in [5, 5.41) is 12.7. The Balaban J connectivity index is 2.50. The number of nitrogens with one attached hydrogen (secondary N) is 1. The maximum absolute atomic E-state index is 11.2. The Morgan fingerprint density at radius 2 is 2.22 bits per heavy atom. The second-order valence-corrected chi connectivity index (χ2v) is 6.14. The molecule has 0 aromatic rings. The number of nitrogens with zero attached hydrogens (tertiary/aromatic N) is 1. The number of hydrogen-bond acceptors (Lipinski definition) is 3. The summed E-state index contributed by atoms with van der Waals surface area (Å²) in [6.07, 6.45) is 3.59. The fourth-order valence-corrected chi connectivity index (χ4v) is 2.62. The molecule has 1 aliphatic heterocycles. The van der Waals surface area contributed by atoms with Crippen LogP contribution < -0.4 is 5.32 Å². The van der Waals surface area contributed by atoms with E-state index in [0.29, 0.717) is 12.5 Å². The van der Waals surface area contributed by atoms with Crippen molar-refractivity contribution in [1.82, 2.24) is 10.2 Å². The minimum atomic E-state index is -0.703. The van der Waals surface area contributed by atoms with Gasteiger partial charge < -0.3 is 15.3 Å². The van der Waals surface area contributed by atoms with Crippen LogP contribution in [-0.2, 0) is 4.79 Å². The molecular formula is C14H28N2O2. The topological polar surface area (TPSA) is 52.6 Å². The van der Waals surface area contributed by atoms with Crippen molar-refractivity contribution in [3.63, 3.8) is 0 Å². The van der Waals surface area contributed by atoms with Gasteiger partial charge in [-0.25, -0.2) is 0 Å². The van der Waals surface area contributed by atoms with Gasteiger partial charge in [0.1, 0.15) is 0 Å². The molecule has 1 aliphatic rings. The number of rotatable bonds is 7. The van der Waals surface area contributed by atoms with E-state index in [9.17, 15) is 9.90 Å². The first-order valence-corrected chi connectivity index (χ1v) is 7.12. The molecule has 0 radical (unpaired) electrons. The molecule has 1 rings (SSSR count). The van der Waals surface area contributed by atoms with Crippen molar-refractivity contribution in [3.8, 4) is 0 Å². The van der Waals surface area contributed by atoms with Crippen molar-refractivity contribution in [2.24, 2.45) is 11.3 Å². The molecule has 4 heteroatoms. The lowest BCUT2D eigenvalue weighted by molar-refractivity contribution is -0.148. The first-order valence-electron chi connectivity index (χ1n) is 7.12. The van der Waals surface area contributed by atoms with Crippen molar-refractivity contribution in [3.05, 3.63) is 0 Å². The molecule has 0 bridgehead atoms. The van der Waals surface area contributed by atoms with E-state index in [-0.39, 0.29) is 0 Å². The van der Waals surface area contributed by atoms with Crippen LogP contribution in [-0.4, -0.2) is 48.7 Å². The third kappa shape index (κ3) is 4.94. The molecular weight excluding hydrogens is 228 g/mol. The molecule has 0 aromatic heterocycles. The SMILES string of the molecule is CCCN(CC1CCCNC1)CC(C)(C)C(=O)O. The zero-order chi connectivity index (χ0) is 13.6. The summed E-state index contributed by atoms with van der Waals surface area (Å²) in [5.74, 6) is -0.0275. The van der Waals surface area contributed by atoms with E-state index in [1.807, 2.05) is 13.8 Å². The summed E-state index contributed by atoms with van der Waals surface area (Å²) in [6, 6.07) is 0. The zero-order valence-electron chi connectivity index (χ0n) is 12.0. The van der Waals surface area contributed by atoms with Crippen LogP contribution in [0, 0.1) is 11.3 Å². The first-order chi connectivity index (χ1) is 8.45. The van der Waals surface area contributed by atoms with Crippen molar-refractivity contribution in [2.75, 3.05) is 32.7 Å². The lowest BCUT2D eigenvalue weighted by Gasteiger charge is -2.33. The van der Waals surface area contributed by atoms with Crippen molar-refractivity contribution in [1.29, 1.82) is 0 Å². The largest absolute Gasteiger partial charge is 0.481 e. The Bertz CT molecular complexity index is 261. The molecule has 2 N–H and O–H groups in total. The van der Waals surface area contributed by atoms with Gasteiger partial charge in [0.25, 0.3) is 0 Å². The van der Waals surface area contributed by atoms with Crippen LogP contribution in [0.5, 0.6) is 0 Å². The molecule has 0 spiro atoms. The lowest BCUT2D eigenvalue weighted by atomic mass is 9.91. The van der Waals surface area contributed by atoms with E-state index < -0.39 is 11.4 Å². The Hall–Kier alpha value is -0.610. The van der Waals surface area contributed by atoms with Gasteiger partial charge in [0.15, 0.2) is 0 Å². The van der Waals surface area contributed by atoms with E-state index in [2.05, 4.69) is 17.1 Å². The number of carboxylic acid groups (broad SMARTS) is 1. The number of piperidine rings is 1. The van der Waals surface area contributed by atoms with Crippen LogP contribution in [0.1, 0.15) is 40.0 Å². The molecule has 1 heterocycles. The van der Waals surface area contributed by atoms with Gasteiger partial charge in [0, 0.05) is 13.1 Å². The minimum absolute atomic E-state index is 0.646. The van der Waals surface area contributed by atoms with Crippen LogP contribution >= 0.6 is 0 Å². The maximum Gasteiger partial charge on any atom is 0.310 e. The van der Waals surface area contributed by atoms with Crippen molar-refractivity contribution >= 4 is 5.97 Å². The highest BCUT2D eigenvalue weighted by Gasteiger charge is 2.30. The Labute approximate surface area is 111 Å². The highest BCUT2D eigenvalue weighted by Crippen LogP contribution is 2.20. The monoisotopic (exact) mass is 256 g/mol. The van der Waals surface area contributed by atoms with Crippen molar-refractivity contribution < 1.29 is 9.90 Å². The summed E-state index contributed by atoms with van der Waals surface area (Å²) in [5.41, 5.74) is -0.655. The summed E-state index contributed by atoms with van der Waals surface area (Å²) in [4.78, 5) is 13.5. The second kappa shape index (κ2) is 7.10. The third-order valence-electron chi connectivity index (χ3n) is 3.65. The molecule has 1 fully saturated rings. The lowest BCUT2D eigenvalue weighted by Crippen LogP contribution is -2.44. The molecule has 0 aromatic carbocycles. The quantitative estimate of drug-likeness (QED) is 0.729. The number of carboxylic acids is 1. The predicted molar refractivity (Wildman–Crippen MR) is 73.7 cm³/mol. The average Bonchev–Trinajstić information content (AvgIpc) is 2.30. The average molecular weight is 256 g/mol. The van der Waals surface area contributed by atoms with Gasteiger partial charge in [-0.05, 0) is 58.7 Å². The van der Waals surface area contributed by atoms with Crippen LogP contribution in [0.4, 0.5) is 0 Å². The van der Waals surface area contributed by atoms with Gasteiger partial charge in [-0.15, -0.1) is 0 Å². The normalized spacial score (nSPS) is 21.2.